The maximum Gasteiger partial charge on any atom is 0.115 e. The molecule has 0 fully saturated rings. The van der Waals surface area contributed by atoms with Crippen LogP contribution in [0.3, 0.4) is 0 Å². The number of amidine groups is 1. The molecule has 0 spiro atoms. The van der Waals surface area contributed by atoms with Gasteiger partial charge in [0.2, 0.25) is 0 Å². The third-order valence-electron chi connectivity index (χ3n) is 2.05. The van der Waals surface area contributed by atoms with Crippen LogP contribution in [-0.4, -0.2) is 29.1 Å². The lowest BCUT2D eigenvalue weighted by Crippen LogP contribution is -2.38. The molecule has 1 rings (SSSR count). The van der Waals surface area contributed by atoms with E-state index >= 15 is 0 Å². The molecular formula is C8H17N3O. The summed E-state index contributed by atoms with van der Waals surface area (Å²) in [5.41, 5.74) is 2.14. The molecule has 2 N–H and O–H groups in total. The van der Waals surface area contributed by atoms with Gasteiger partial charge in [0.05, 0.1) is 13.1 Å². The van der Waals surface area contributed by atoms with E-state index in [1.165, 1.54) is 12.8 Å². The second-order valence-corrected chi connectivity index (χ2v) is 3.01. The normalized spacial score (nSPS) is 16.8. The van der Waals surface area contributed by atoms with E-state index in [9.17, 15) is 0 Å². The third-order valence-corrected chi connectivity index (χ3v) is 2.05. The van der Waals surface area contributed by atoms with Crippen LogP contribution in [0.4, 0.5) is 0 Å². The first-order valence-corrected chi connectivity index (χ1v) is 4.59. The Labute approximate surface area is 73.2 Å². The van der Waals surface area contributed by atoms with Crippen molar-refractivity contribution in [1.82, 2.24) is 10.6 Å². The highest BCUT2D eigenvalue weighted by atomic mass is 16.5. The molecule has 12 heavy (non-hydrogen) atoms. The Morgan fingerprint density at radius 1 is 1.58 bits per heavy atom. The summed E-state index contributed by atoms with van der Waals surface area (Å²) in [6.07, 6.45) is 4.59. The van der Waals surface area contributed by atoms with Gasteiger partial charge >= 0.3 is 0 Å². The smallest absolute Gasteiger partial charge is 0.115 e. The van der Waals surface area contributed by atoms with Gasteiger partial charge in [-0.15, -0.1) is 5.59 Å². The number of rotatable bonds is 5. The highest BCUT2D eigenvalue weighted by Crippen LogP contribution is 2.06. The Morgan fingerprint density at radius 3 is 3.08 bits per heavy atom. The minimum Gasteiger partial charge on any atom is -0.297 e. The number of nitrogens with one attached hydrogen (secondary N) is 1. The Morgan fingerprint density at radius 2 is 2.42 bits per heavy atom. The minimum atomic E-state index is 0.790. The topological polar surface area (TPSA) is 47.9 Å². The van der Waals surface area contributed by atoms with Crippen molar-refractivity contribution in [2.24, 2.45) is 4.99 Å². The Balaban J connectivity index is 2.21. The summed E-state index contributed by atoms with van der Waals surface area (Å²) in [6.45, 7) is 3.77. The Hall–Kier alpha value is -0.610. The van der Waals surface area contributed by atoms with Crippen molar-refractivity contribution in [1.29, 1.82) is 0 Å². The number of hydrogen-bond donors (Lipinski definition) is 2. The number of hydrazine groups is 1. The maximum absolute atomic E-state index is 8.69. The van der Waals surface area contributed by atoms with Crippen LogP contribution in [0.5, 0.6) is 0 Å². The van der Waals surface area contributed by atoms with Gasteiger partial charge in [-0.1, -0.05) is 19.8 Å². The van der Waals surface area contributed by atoms with Gasteiger partial charge in [-0.2, -0.15) is 0 Å². The summed E-state index contributed by atoms with van der Waals surface area (Å²) in [7, 11) is 0. The molecule has 1 aliphatic heterocycles. The average molecular weight is 171 g/mol. The first kappa shape index (κ1) is 9.48. The fourth-order valence-electron chi connectivity index (χ4n) is 1.35. The molecule has 0 unspecified atom stereocenters. The number of unbranched alkanes of at least 4 members (excludes halogenated alkanes) is 2. The summed E-state index contributed by atoms with van der Waals surface area (Å²) in [6, 6.07) is 0. The average Bonchev–Trinajstić information content (AvgIpc) is 2.52. The standard InChI is InChI=1S/C8H17N3O/c1-2-3-4-5-8-9-6-7-11(8)10-12/h10,12H,2-7H2,1H3. The Kier molecular flexibility index (Phi) is 4.04. The van der Waals surface area contributed by atoms with Gasteiger partial charge in [0, 0.05) is 6.42 Å². The molecule has 0 atom stereocenters. The van der Waals surface area contributed by atoms with Crippen LogP contribution >= 0.6 is 0 Å². The second-order valence-electron chi connectivity index (χ2n) is 3.01. The minimum absolute atomic E-state index is 0.790. The van der Waals surface area contributed by atoms with Crippen molar-refractivity contribution >= 4 is 5.84 Å². The van der Waals surface area contributed by atoms with E-state index in [0.717, 1.165) is 31.8 Å². The summed E-state index contributed by atoms with van der Waals surface area (Å²) in [4.78, 5) is 4.28. The van der Waals surface area contributed by atoms with Gasteiger partial charge in [0.15, 0.2) is 0 Å². The SMILES string of the molecule is CCCCCC1=NCCN1NO. The highest BCUT2D eigenvalue weighted by Gasteiger charge is 2.14. The van der Waals surface area contributed by atoms with E-state index in [1.54, 1.807) is 5.01 Å². The first-order valence-electron chi connectivity index (χ1n) is 4.59. The predicted molar refractivity (Wildman–Crippen MR) is 48.1 cm³/mol. The molecule has 0 amide bonds. The van der Waals surface area contributed by atoms with Crippen LogP contribution < -0.4 is 5.59 Å². The molecule has 0 aliphatic carbocycles. The van der Waals surface area contributed by atoms with Crippen molar-refractivity contribution in [2.45, 2.75) is 32.6 Å². The van der Waals surface area contributed by atoms with Gasteiger partial charge in [-0.05, 0) is 6.42 Å². The number of hydrogen-bond acceptors (Lipinski definition) is 4. The zero-order chi connectivity index (χ0) is 8.81. The molecule has 1 heterocycles. The fourth-order valence-corrected chi connectivity index (χ4v) is 1.35. The summed E-state index contributed by atoms with van der Waals surface area (Å²) in [5.74, 6) is 0.992. The second kappa shape index (κ2) is 5.11. The van der Waals surface area contributed by atoms with Crippen LogP contribution in [0.25, 0.3) is 0 Å². The van der Waals surface area contributed by atoms with E-state index in [2.05, 4.69) is 17.5 Å². The van der Waals surface area contributed by atoms with Gasteiger partial charge < -0.3 is 0 Å². The van der Waals surface area contributed by atoms with Crippen molar-refractivity contribution in [2.75, 3.05) is 13.1 Å². The Bertz CT molecular complexity index is 158. The summed E-state index contributed by atoms with van der Waals surface area (Å²) in [5, 5.41) is 10.4. The van der Waals surface area contributed by atoms with Gasteiger partial charge in [0.1, 0.15) is 5.84 Å². The van der Waals surface area contributed by atoms with E-state index in [-0.39, 0.29) is 0 Å². The van der Waals surface area contributed by atoms with Gasteiger partial charge in [-0.3, -0.25) is 15.2 Å². The molecule has 0 bridgehead atoms. The highest BCUT2D eigenvalue weighted by molar-refractivity contribution is 5.83. The van der Waals surface area contributed by atoms with Gasteiger partial charge in [-0.25, -0.2) is 0 Å². The van der Waals surface area contributed by atoms with Crippen LogP contribution in [0.15, 0.2) is 4.99 Å². The summed E-state index contributed by atoms with van der Waals surface area (Å²) < 4.78 is 0. The summed E-state index contributed by atoms with van der Waals surface area (Å²) >= 11 is 0. The van der Waals surface area contributed by atoms with E-state index in [1.807, 2.05) is 0 Å². The molecule has 0 saturated carbocycles. The molecule has 0 aromatic rings. The maximum atomic E-state index is 8.69. The third kappa shape index (κ3) is 2.46. The predicted octanol–water partition coefficient (Wildman–Crippen LogP) is 1.17. The van der Waals surface area contributed by atoms with Crippen LogP contribution in [0, 0.1) is 0 Å². The lowest BCUT2D eigenvalue weighted by Gasteiger charge is -2.16. The fraction of sp³-hybridized carbons (Fsp3) is 0.875. The molecule has 0 radical (unpaired) electrons. The lowest BCUT2D eigenvalue weighted by atomic mass is 10.2. The van der Waals surface area contributed by atoms with Crippen molar-refractivity contribution in [3.05, 3.63) is 0 Å². The lowest BCUT2D eigenvalue weighted by molar-refractivity contribution is 0.0368. The van der Waals surface area contributed by atoms with E-state index < -0.39 is 0 Å². The number of nitrogens with zero attached hydrogens (tertiary/aromatic N) is 2. The van der Waals surface area contributed by atoms with Crippen LogP contribution in [0.2, 0.25) is 0 Å². The van der Waals surface area contributed by atoms with Gasteiger partial charge in [0.25, 0.3) is 0 Å². The molecule has 0 saturated heterocycles. The molecule has 4 nitrogen and oxygen atoms in total. The monoisotopic (exact) mass is 171 g/mol. The quantitative estimate of drug-likeness (QED) is 0.482. The van der Waals surface area contributed by atoms with E-state index in [4.69, 9.17) is 5.21 Å². The van der Waals surface area contributed by atoms with Crippen molar-refractivity contribution < 1.29 is 5.21 Å². The first-order chi connectivity index (χ1) is 5.88. The van der Waals surface area contributed by atoms with Crippen molar-refractivity contribution in [3.63, 3.8) is 0 Å². The molecule has 0 aromatic heterocycles. The zero-order valence-corrected chi connectivity index (χ0v) is 7.58. The van der Waals surface area contributed by atoms with Crippen LogP contribution in [-0.2, 0) is 0 Å². The molecular weight excluding hydrogens is 154 g/mol. The van der Waals surface area contributed by atoms with E-state index in [0.29, 0.717) is 0 Å². The zero-order valence-electron chi connectivity index (χ0n) is 7.58. The largest absolute Gasteiger partial charge is 0.297 e. The van der Waals surface area contributed by atoms with Crippen LogP contribution in [0.1, 0.15) is 32.6 Å². The number of aliphatic imine (C=N–C) groups is 1. The van der Waals surface area contributed by atoms with Crippen molar-refractivity contribution in [3.8, 4) is 0 Å². The molecule has 0 aromatic carbocycles. The molecule has 70 valence electrons. The molecule has 4 heteroatoms. The molecule has 1 aliphatic rings.